The van der Waals surface area contributed by atoms with Crippen LogP contribution >= 0.6 is 11.6 Å². The molecule has 6 heteroatoms. The second kappa shape index (κ2) is 6.85. The van der Waals surface area contributed by atoms with Gasteiger partial charge in [-0.25, -0.2) is 15.0 Å². The van der Waals surface area contributed by atoms with Gasteiger partial charge in [-0.05, 0) is 65.0 Å². The predicted octanol–water partition coefficient (Wildman–Crippen LogP) is 4.53. The standard InChI is InChI=1S/C18H29ClN4O/c1-17(2)10-13(15-20-12-21-16(19)22-15)11-18(3,4)23(17)24-14-8-6-5-7-9-14/h12-14H,5-11H2,1-4H3. The Morgan fingerprint density at radius 3 is 2.25 bits per heavy atom. The molecule has 1 saturated carbocycles. The first kappa shape index (κ1) is 18.0. The fourth-order valence-electron chi connectivity index (χ4n) is 4.54. The molecule has 1 saturated heterocycles. The van der Waals surface area contributed by atoms with Gasteiger partial charge in [0, 0.05) is 17.0 Å². The summed E-state index contributed by atoms with van der Waals surface area (Å²) in [6.45, 7) is 9.03. The average molecular weight is 353 g/mol. The van der Waals surface area contributed by atoms with Gasteiger partial charge in [0.05, 0.1) is 6.10 Å². The molecule has 24 heavy (non-hydrogen) atoms. The first-order valence-electron chi connectivity index (χ1n) is 9.09. The van der Waals surface area contributed by atoms with Crippen molar-refractivity contribution >= 4 is 11.6 Å². The Morgan fingerprint density at radius 2 is 1.67 bits per heavy atom. The number of nitrogens with zero attached hydrogens (tertiary/aromatic N) is 4. The third-order valence-electron chi connectivity index (χ3n) is 5.32. The lowest BCUT2D eigenvalue weighted by molar-refractivity contribution is -0.310. The van der Waals surface area contributed by atoms with Gasteiger partial charge in [-0.15, -0.1) is 0 Å². The Bertz CT molecular complexity index is 554. The van der Waals surface area contributed by atoms with Crippen LogP contribution in [0.15, 0.2) is 6.33 Å². The number of rotatable bonds is 3. The molecule has 134 valence electrons. The molecule has 1 aliphatic carbocycles. The highest BCUT2D eigenvalue weighted by atomic mass is 35.5. The summed E-state index contributed by atoms with van der Waals surface area (Å²) in [5.41, 5.74) is -0.161. The zero-order valence-corrected chi connectivity index (χ0v) is 16.0. The van der Waals surface area contributed by atoms with Crippen molar-refractivity contribution in [2.45, 2.75) is 95.7 Å². The molecular formula is C18H29ClN4O. The summed E-state index contributed by atoms with van der Waals surface area (Å²) < 4.78 is 0. The summed E-state index contributed by atoms with van der Waals surface area (Å²) in [4.78, 5) is 19.2. The van der Waals surface area contributed by atoms with Gasteiger partial charge in [-0.1, -0.05) is 19.3 Å². The lowest BCUT2D eigenvalue weighted by Gasteiger charge is -2.54. The smallest absolute Gasteiger partial charge is 0.225 e. The van der Waals surface area contributed by atoms with Gasteiger partial charge >= 0.3 is 0 Å². The molecule has 0 spiro atoms. The molecule has 0 radical (unpaired) electrons. The number of halogens is 1. The monoisotopic (exact) mass is 352 g/mol. The van der Waals surface area contributed by atoms with E-state index in [2.05, 4.69) is 47.7 Å². The first-order chi connectivity index (χ1) is 11.3. The van der Waals surface area contributed by atoms with E-state index in [4.69, 9.17) is 16.4 Å². The van der Waals surface area contributed by atoms with Crippen LogP contribution in [0.4, 0.5) is 0 Å². The van der Waals surface area contributed by atoms with Gasteiger partial charge in [0.15, 0.2) is 0 Å². The van der Waals surface area contributed by atoms with Crippen LogP contribution in [0.1, 0.15) is 84.4 Å². The molecule has 0 unspecified atom stereocenters. The first-order valence-corrected chi connectivity index (χ1v) is 9.47. The van der Waals surface area contributed by atoms with Crippen molar-refractivity contribution < 1.29 is 4.84 Å². The topological polar surface area (TPSA) is 51.1 Å². The number of hydrogen-bond donors (Lipinski definition) is 0. The minimum atomic E-state index is -0.0804. The minimum absolute atomic E-state index is 0.0804. The molecule has 0 atom stereocenters. The lowest BCUT2D eigenvalue weighted by Crippen LogP contribution is -2.61. The van der Waals surface area contributed by atoms with Crippen LogP contribution in [0.2, 0.25) is 5.28 Å². The maximum Gasteiger partial charge on any atom is 0.225 e. The van der Waals surface area contributed by atoms with Crippen molar-refractivity contribution in [2.75, 3.05) is 0 Å². The summed E-state index contributed by atoms with van der Waals surface area (Å²) in [6.07, 6.45) is 10.0. The molecule has 0 amide bonds. The van der Waals surface area contributed by atoms with Crippen LogP contribution in [0.5, 0.6) is 0 Å². The van der Waals surface area contributed by atoms with Crippen molar-refractivity contribution in [2.24, 2.45) is 0 Å². The van der Waals surface area contributed by atoms with Gasteiger partial charge in [-0.2, -0.15) is 5.06 Å². The molecule has 1 aromatic heterocycles. The van der Waals surface area contributed by atoms with Crippen LogP contribution < -0.4 is 0 Å². The van der Waals surface area contributed by atoms with Crippen LogP contribution in [0.25, 0.3) is 0 Å². The van der Waals surface area contributed by atoms with Gasteiger partial charge in [0.1, 0.15) is 12.2 Å². The Hall–Kier alpha value is -0.780. The Labute approximate surface area is 150 Å². The number of hydrogen-bond acceptors (Lipinski definition) is 5. The third-order valence-corrected chi connectivity index (χ3v) is 5.51. The molecule has 0 N–H and O–H groups in total. The summed E-state index contributed by atoms with van der Waals surface area (Å²) >= 11 is 5.97. The summed E-state index contributed by atoms with van der Waals surface area (Å²) in [5.74, 6) is 1.06. The molecule has 2 aliphatic rings. The molecule has 2 heterocycles. The normalized spacial score (nSPS) is 25.7. The fraction of sp³-hybridized carbons (Fsp3) is 0.833. The van der Waals surface area contributed by atoms with Crippen molar-refractivity contribution in [3.8, 4) is 0 Å². The third kappa shape index (κ3) is 3.89. The lowest BCUT2D eigenvalue weighted by atomic mass is 9.75. The second-order valence-corrected chi connectivity index (χ2v) is 8.84. The molecule has 5 nitrogen and oxygen atoms in total. The molecule has 0 aromatic carbocycles. The maximum absolute atomic E-state index is 6.52. The van der Waals surface area contributed by atoms with E-state index in [9.17, 15) is 0 Å². The Morgan fingerprint density at radius 1 is 1.04 bits per heavy atom. The molecule has 1 aromatic rings. The van der Waals surface area contributed by atoms with Crippen molar-refractivity contribution in [3.05, 3.63) is 17.4 Å². The van der Waals surface area contributed by atoms with E-state index >= 15 is 0 Å². The van der Waals surface area contributed by atoms with Crippen LogP contribution in [-0.2, 0) is 4.84 Å². The number of piperidine rings is 1. The van der Waals surface area contributed by atoms with E-state index < -0.39 is 0 Å². The zero-order valence-electron chi connectivity index (χ0n) is 15.3. The van der Waals surface area contributed by atoms with E-state index in [0.717, 1.165) is 18.7 Å². The van der Waals surface area contributed by atoms with Crippen LogP contribution in [0, 0.1) is 0 Å². The van der Waals surface area contributed by atoms with E-state index in [0.29, 0.717) is 6.10 Å². The van der Waals surface area contributed by atoms with E-state index in [1.807, 2.05) is 0 Å². The van der Waals surface area contributed by atoms with E-state index in [-0.39, 0.29) is 22.3 Å². The minimum Gasteiger partial charge on any atom is -0.295 e. The van der Waals surface area contributed by atoms with Crippen LogP contribution in [-0.4, -0.2) is 37.2 Å². The number of aromatic nitrogens is 3. The largest absolute Gasteiger partial charge is 0.295 e. The van der Waals surface area contributed by atoms with Gasteiger partial charge in [-0.3, -0.25) is 4.84 Å². The highest BCUT2D eigenvalue weighted by Gasteiger charge is 2.48. The summed E-state index contributed by atoms with van der Waals surface area (Å²) in [5, 5.41) is 2.53. The van der Waals surface area contributed by atoms with Gasteiger partial charge in [0.2, 0.25) is 5.28 Å². The van der Waals surface area contributed by atoms with E-state index in [1.165, 1.54) is 38.4 Å². The van der Waals surface area contributed by atoms with Crippen molar-refractivity contribution in [3.63, 3.8) is 0 Å². The maximum atomic E-state index is 6.52. The molecule has 0 bridgehead atoms. The number of hydroxylamine groups is 2. The van der Waals surface area contributed by atoms with Gasteiger partial charge < -0.3 is 0 Å². The Balaban J connectivity index is 1.78. The fourth-order valence-corrected chi connectivity index (χ4v) is 4.67. The van der Waals surface area contributed by atoms with Gasteiger partial charge in [0.25, 0.3) is 0 Å². The van der Waals surface area contributed by atoms with E-state index in [1.54, 1.807) is 0 Å². The molecule has 2 fully saturated rings. The van der Waals surface area contributed by atoms with Crippen molar-refractivity contribution in [1.82, 2.24) is 20.0 Å². The Kier molecular flexibility index (Phi) is 5.14. The molecular weight excluding hydrogens is 324 g/mol. The highest BCUT2D eigenvalue weighted by Crippen LogP contribution is 2.45. The summed E-state index contributed by atoms with van der Waals surface area (Å²) in [7, 11) is 0. The average Bonchev–Trinajstić information content (AvgIpc) is 2.51. The SMILES string of the molecule is CC1(C)CC(c2ncnc(Cl)n2)CC(C)(C)N1OC1CCCCC1. The molecule has 1 aliphatic heterocycles. The molecule has 3 rings (SSSR count). The van der Waals surface area contributed by atoms with Crippen LogP contribution in [0.3, 0.4) is 0 Å². The summed E-state index contributed by atoms with van der Waals surface area (Å²) in [6, 6.07) is 0. The van der Waals surface area contributed by atoms with Crippen molar-refractivity contribution in [1.29, 1.82) is 0 Å². The predicted molar refractivity (Wildman–Crippen MR) is 94.8 cm³/mol. The quantitative estimate of drug-likeness (QED) is 0.800. The second-order valence-electron chi connectivity index (χ2n) is 8.50. The zero-order chi connectivity index (χ0) is 17.4. The highest BCUT2D eigenvalue weighted by molar-refractivity contribution is 6.28.